The lowest BCUT2D eigenvalue weighted by molar-refractivity contribution is -0.141. The lowest BCUT2D eigenvalue weighted by atomic mass is 10.1. The molecule has 0 aromatic rings. The van der Waals surface area contributed by atoms with Crippen molar-refractivity contribution < 1.29 is 14.3 Å². The second-order valence-corrected chi connectivity index (χ2v) is 3.97. The van der Waals surface area contributed by atoms with Crippen molar-refractivity contribution >= 4 is 5.97 Å². The lowest BCUT2D eigenvalue weighted by Gasteiger charge is -2.26. The average molecular weight is 215 g/mol. The molecule has 1 heterocycles. The molecule has 0 spiro atoms. The topological polar surface area (TPSA) is 38.8 Å². The Labute approximate surface area is 91.5 Å². The SMILES string of the molecule is COC[C@@H](CCC(=O)OC)N1CCCC1. The molecule has 15 heavy (non-hydrogen) atoms. The van der Waals surface area contributed by atoms with Crippen LogP contribution in [-0.2, 0) is 14.3 Å². The van der Waals surface area contributed by atoms with Crippen LogP contribution in [0, 0.1) is 0 Å². The Kier molecular flexibility index (Phi) is 5.65. The first-order chi connectivity index (χ1) is 7.27. The number of likely N-dealkylation sites (tertiary alicyclic amines) is 1. The number of methoxy groups -OCH3 is 2. The van der Waals surface area contributed by atoms with Crippen molar-refractivity contribution in [3.8, 4) is 0 Å². The molecule has 0 saturated carbocycles. The molecule has 88 valence electrons. The lowest BCUT2D eigenvalue weighted by Crippen LogP contribution is -2.36. The van der Waals surface area contributed by atoms with E-state index < -0.39 is 0 Å². The summed E-state index contributed by atoms with van der Waals surface area (Å²) < 4.78 is 9.83. The van der Waals surface area contributed by atoms with Crippen LogP contribution in [0.5, 0.6) is 0 Å². The highest BCUT2D eigenvalue weighted by Crippen LogP contribution is 2.15. The van der Waals surface area contributed by atoms with Gasteiger partial charge in [-0.3, -0.25) is 9.69 Å². The molecule has 4 nitrogen and oxygen atoms in total. The molecule has 0 radical (unpaired) electrons. The van der Waals surface area contributed by atoms with Crippen LogP contribution < -0.4 is 0 Å². The average Bonchev–Trinajstić information content (AvgIpc) is 2.76. The van der Waals surface area contributed by atoms with Gasteiger partial charge < -0.3 is 9.47 Å². The molecule has 1 aliphatic rings. The van der Waals surface area contributed by atoms with Gasteiger partial charge in [-0.15, -0.1) is 0 Å². The standard InChI is InChI=1S/C11H21NO3/c1-14-9-10(5-6-11(13)15-2)12-7-3-4-8-12/h10H,3-9H2,1-2H3/t10-/m1/s1. The maximum absolute atomic E-state index is 11.1. The van der Waals surface area contributed by atoms with Crippen molar-refractivity contribution in [2.45, 2.75) is 31.7 Å². The maximum Gasteiger partial charge on any atom is 0.305 e. The molecule has 1 rings (SSSR count). The van der Waals surface area contributed by atoms with E-state index in [4.69, 9.17) is 4.74 Å². The van der Waals surface area contributed by atoms with Crippen LogP contribution in [0.15, 0.2) is 0 Å². The van der Waals surface area contributed by atoms with E-state index in [0.717, 1.165) is 19.5 Å². The fourth-order valence-electron chi connectivity index (χ4n) is 2.06. The normalized spacial score (nSPS) is 19.1. The molecular formula is C11H21NO3. The summed E-state index contributed by atoms with van der Waals surface area (Å²) in [6.07, 6.45) is 3.85. The Morgan fingerprint density at radius 3 is 2.53 bits per heavy atom. The maximum atomic E-state index is 11.1. The van der Waals surface area contributed by atoms with E-state index in [0.29, 0.717) is 19.1 Å². The van der Waals surface area contributed by atoms with E-state index in [1.807, 2.05) is 0 Å². The van der Waals surface area contributed by atoms with Gasteiger partial charge in [0.05, 0.1) is 13.7 Å². The molecule has 1 atom stereocenters. The molecule has 0 aromatic carbocycles. The van der Waals surface area contributed by atoms with E-state index in [1.54, 1.807) is 7.11 Å². The molecule has 0 aromatic heterocycles. The molecule has 0 N–H and O–H groups in total. The van der Waals surface area contributed by atoms with Gasteiger partial charge in [-0.25, -0.2) is 0 Å². The zero-order valence-corrected chi connectivity index (χ0v) is 9.70. The summed E-state index contributed by atoms with van der Waals surface area (Å²) in [6, 6.07) is 0.372. The first kappa shape index (κ1) is 12.5. The van der Waals surface area contributed by atoms with E-state index in [9.17, 15) is 4.79 Å². The zero-order chi connectivity index (χ0) is 11.1. The smallest absolute Gasteiger partial charge is 0.305 e. The summed E-state index contributed by atoms with van der Waals surface area (Å²) in [7, 11) is 3.14. The minimum absolute atomic E-state index is 0.129. The van der Waals surface area contributed by atoms with Crippen molar-refractivity contribution in [3.63, 3.8) is 0 Å². The molecule has 1 saturated heterocycles. The predicted molar refractivity (Wildman–Crippen MR) is 57.7 cm³/mol. The summed E-state index contributed by atoms with van der Waals surface area (Å²) in [6.45, 7) is 2.97. The van der Waals surface area contributed by atoms with Gasteiger partial charge in [0.1, 0.15) is 0 Å². The minimum atomic E-state index is -0.129. The largest absolute Gasteiger partial charge is 0.469 e. The monoisotopic (exact) mass is 215 g/mol. The first-order valence-electron chi connectivity index (χ1n) is 5.57. The number of hydrogen-bond donors (Lipinski definition) is 0. The van der Waals surface area contributed by atoms with Gasteiger partial charge >= 0.3 is 5.97 Å². The van der Waals surface area contributed by atoms with Gasteiger partial charge in [0.25, 0.3) is 0 Å². The quantitative estimate of drug-likeness (QED) is 0.621. The van der Waals surface area contributed by atoms with Crippen LogP contribution in [0.1, 0.15) is 25.7 Å². The van der Waals surface area contributed by atoms with Gasteiger partial charge in [-0.05, 0) is 32.4 Å². The number of rotatable bonds is 6. The van der Waals surface area contributed by atoms with E-state index in [2.05, 4.69) is 9.64 Å². The summed E-state index contributed by atoms with van der Waals surface area (Å²) in [5.74, 6) is -0.129. The van der Waals surface area contributed by atoms with Gasteiger partial charge in [-0.2, -0.15) is 0 Å². The Morgan fingerprint density at radius 1 is 1.33 bits per heavy atom. The van der Waals surface area contributed by atoms with E-state index in [-0.39, 0.29) is 5.97 Å². The van der Waals surface area contributed by atoms with Gasteiger partial charge in [0.15, 0.2) is 0 Å². The second kappa shape index (κ2) is 6.80. The summed E-state index contributed by atoms with van der Waals surface area (Å²) in [5, 5.41) is 0. The zero-order valence-electron chi connectivity index (χ0n) is 9.70. The first-order valence-corrected chi connectivity index (χ1v) is 5.57. The number of ether oxygens (including phenoxy) is 2. The number of nitrogens with zero attached hydrogens (tertiary/aromatic N) is 1. The number of esters is 1. The number of carbonyl (C=O) groups is 1. The third kappa shape index (κ3) is 4.18. The van der Waals surface area contributed by atoms with Crippen LogP contribution in [0.4, 0.5) is 0 Å². The van der Waals surface area contributed by atoms with Gasteiger partial charge in [-0.1, -0.05) is 0 Å². The van der Waals surface area contributed by atoms with E-state index >= 15 is 0 Å². The molecular weight excluding hydrogens is 194 g/mol. The molecule has 1 aliphatic heterocycles. The highest BCUT2D eigenvalue weighted by molar-refractivity contribution is 5.69. The highest BCUT2D eigenvalue weighted by atomic mass is 16.5. The van der Waals surface area contributed by atoms with Gasteiger partial charge in [0, 0.05) is 19.6 Å². The Hall–Kier alpha value is -0.610. The Morgan fingerprint density at radius 2 is 2.00 bits per heavy atom. The molecule has 0 aliphatic carbocycles. The van der Waals surface area contributed by atoms with Crippen LogP contribution in [0.25, 0.3) is 0 Å². The number of carbonyl (C=O) groups excluding carboxylic acids is 1. The predicted octanol–water partition coefficient (Wildman–Crippen LogP) is 1.05. The summed E-state index contributed by atoms with van der Waals surface area (Å²) in [5.41, 5.74) is 0. The van der Waals surface area contributed by atoms with Crippen LogP contribution in [-0.4, -0.2) is 50.8 Å². The van der Waals surface area contributed by atoms with Crippen LogP contribution in [0.2, 0.25) is 0 Å². The Balaban J connectivity index is 2.32. The molecule has 0 amide bonds. The van der Waals surface area contributed by atoms with Crippen LogP contribution in [0.3, 0.4) is 0 Å². The number of hydrogen-bond acceptors (Lipinski definition) is 4. The third-order valence-corrected chi connectivity index (χ3v) is 2.93. The van der Waals surface area contributed by atoms with E-state index in [1.165, 1.54) is 20.0 Å². The van der Waals surface area contributed by atoms with Crippen LogP contribution >= 0.6 is 0 Å². The van der Waals surface area contributed by atoms with Gasteiger partial charge in [0.2, 0.25) is 0 Å². The van der Waals surface area contributed by atoms with Crippen molar-refractivity contribution in [3.05, 3.63) is 0 Å². The summed E-state index contributed by atoms with van der Waals surface area (Å²) >= 11 is 0. The third-order valence-electron chi connectivity index (χ3n) is 2.93. The van der Waals surface area contributed by atoms with Crippen molar-refractivity contribution in [1.82, 2.24) is 4.90 Å². The molecule has 1 fully saturated rings. The molecule has 0 unspecified atom stereocenters. The molecule has 0 bridgehead atoms. The Bertz CT molecular complexity index is 190. The van der Waals surface area contributed by atoms with Crippen molar-refractivity contribution in [2.75, 3.05) is 33.9 Å². The summed E-state index contributed by atoms with van der Waals surface area (Å²) in [4.78, 5) is 13.5. The second-order valence-electron chi connectivity index (χ2n) is 3.97. The molecule has 4 heteroatoms. The fraction of sp³-hybridized carbons (Fsp3) is 0.909. The minimum Gasteiger partial charge on any atom is -0.469 e. The van der Waals surface area contributed by atoms with Crippen molar-refractivity contribution in [2.24, 2.45) is 0 Å². The van der Waals surface area contributed by atoms with Crippen molar-refractivity contribution in [1.29, 1.82) is 0 Å². The fourth-order valence-corrected chi connectivity index (χ4v) is 2.06. The highest BCUT2D eigenvalue weighted by Gasteiger charge is 2.22.